The van der Waals surface area contributed by atoms with Crippen LogP contribution in [0.5, 0.6) is 0 Å². The Morgan fingerprint density at radius 2 is 1.79 bits per heavy atom. The van der Waals surface area contributed by atoms with Crippen LogP contribution < -0.4 is 10.6 Å². The molecule has 3 aromatic heterocycles. The number of hydrogen-bond donors (Lipinski definition) is 2. The molecule has 0 aliphatic carbocycles. The third-order valence-electron chi connectivity index (χ3n) is 4.47. The fourth-order valence-electron chi connectivity index (χ4n) is 2.96. The number of rotatable bonds is 7. The zero-order chi connectivity index (χ0) is 20.1. The smallest absolute Gasteiger partial charge is 0.251 e. The molecule has 0 fully saturated rings. The molecule has 0 spiro atoms. The SMILES string of the molecule is Cc1nccn1-c1cc(NCCNC(=O)c2ccc(-n3cccc3)cc2)ncn1. The molecule has 2 N–H and O–H groups in total. The quantitative estimate of drug-likeness (QED) is 0.476. The van der Waals surface area contributed by atoms with E-state index in [0.717, 1.165) is 17.3 Å². The van der Waals surface area contributed by atoms with Crippen molar-refractivity contribution in [2.75, 3.05) is 18.4 Å². The maximum Gasteiger partial charge on any atom is 0.251 e. The number of aryl methyl sites for hydroxylation is 1. The van der Waals surface area contributed by atoms with Crippen LogP contribution in [0.15, 0.2) is 73.6 Å². The number of benzene rings is 1. The number of imidazole rings is 1. The maximum absolute atomic E-state index is 12.3. The molecule has 29 heavy (non-hydrogen) atoms. The summed E-state index contributed by atoms with van der Waals surface area (Å²) >= 11 is 0. The van der Waals surface area contributed by atoms with Crippen LogP contribution in [-0.2, 0) is 0 Å². The second-order valence-electron chi connectivity index (χ2n) is 6.43. The van der Waals surface area contributed by atoms with Gasteiger partial charge in [0, 0.05) is 55.2 Å². The zero-order valence-corrected chi connectivity index (χ0v) is 16.0. The fraction of sp³-hybridized carbons (Fsp3) is 0.143. The van der Waals surface area contributed by atoms with Crippen LogP contribution in [0.3, 0.4) is 0 Å². The van der Waals surface area contributed by atoms with E-state index >= 15 is 0 Å². The van der Waals surface area contributed by atoms with Crippen molar-refractivity contribution in [3.63, 3.8) is 0 Å². The largest absolute Gasteiger partial charge is 0.368 e. The second-order valence-corrected chi connectivity index (χ2v) is 6.43. The van der Waals surface area contributed by atoms with Crippen molar-refractivity contribution >= 4 is 11.7 Å². The number of carbonyl (C=O) groups is 1. The van der Waals surface area contributed by atoms with Gasteiger partial charge in [0.1, 0.15) is 23.8 Å². The molecular weight excluding hydrogens is 366 g/mol. The Labute approximate surface area is 168 Å². The van der Waals surface area contributed by atoms with Crippen LogP contribution >= 0.6 is 0 Å². The molecule has 1 aromatic carbocycles. The third kappa shape index (κ3) is 4.32. The standard InChI is InChI=1S/C21H21N7O/c1-16-22-10-13-28(16)20-14-19(25-15-26-20)23-8-9-24-21(29)17-4-6-18(7-5-17)27-11-2-3-12-27/h2-7,10-15H,8-9H2,1H3,(H,24,29)(H,23,25,26). The van der Waals surface area contributed by atoms with E-state index in [2.05, 4.69) is 25.6 Å². The summed E-state index contributed by atoms with van der Waals surface area (Å²) in [5.74, 6) is 2.17. The first-order valence-corrected chi connectivity index (χ1v) is 9.28. The monoisotopic (exact) mass is 387 g/mol. The van der Waals surface area contributed by atoms with E-state index in [4.69, 9.17) is 0 Å². The molecule has 146 valence electrons. The molecule has 0 saturated heterocycles. The van der Waals surface area contributed by atoms with E-state index in [1.165, 1.54) is 6.33 Å². The highest BCUT2D eigenvalue weighted by molar-refractivity contribution is 5.94. The Balaban J connectivity index is 1.28. The van der Waals surface area contributed by atoms with Crippen LogP contribution in [0, 0.1) is 6.92 Å². The zero-order valence-electron chi connectivity index (χ0n) is 16.0. The van der Waals surface area contributed by atoms with Gasteiger partial charge in [0.2, 0.25) is 0 Å². The number of hydrogen-bond acceptors (Lipinski definition) is 5. The Hall–Kier alpha value is -3.94. The summed E-state index contributed by atoms with van der Waals surface area (Å²) in [5, 5.41) is 6.11. The molecule has 4 rings (SSSR count). The van der Waals surface area contributed by atoms with E-state index in [1.807, 2.05) is 77.1 Å². The molecule has 8 heteroatoms. The highest BCUT2D eigenvalue weighted by Crippen LogP contribution is 2.11. The lowest BCUT2D eigenvalue weighted by Gasteiger charge is -2.10. The summed E-state index contributed by atoms with van der Waals surface area (Å²) < 4.78 is 3.87. The first-order valence-electron chi connectivity index (χ1n) is 9.28. The molecule has 0 unspecified atom stereocenters. The number of nitrogens with zero attached hydrogens (tertiary/aromatic N) is 5. The first kappa shape index (κ1) is 18.4. The van der Waals surface area contributed by atoms with E-state index in [9.17, 15) is 4.79 Å². The van der Waals surface area contributed by atoms with Gasteiger partial charge in [-0.2, -0.15) is 0 Å². The summed E-state index contributed by atoms with van der Waals surface area (Å²) in [6.45, 7) is 2.93. The fourth-order valence-corrected chi connectivity index (χ4v) is 2.96. The van der Waals surface area contributed by atoms with Crippen LogP contribution in [0.25, 0.3) is 11.5 Å². The van der Waals surface area contributed by atoms with Gasteiger partial charge >= 0.3 is 0 Å². The van der Waals surface area contributed by atoms with Crippen molar-refractivity contribution in [2.45, 2.75) is 6.92 Å². The molecule has 0 aliphatic rings. The van der Waals surface area contributed by atoms with Gasteiger partial charge in [-0.1, -0.05) is 0 Å². The van der Waals surface area contributed by atoms with E-state index < -0.39 is 0 Å². The molecular formula is C21H21N7O. The van der Waals surface area contributed by atoms with Crippen LogP contribution in [0.2, 0.25) is 0 Å². The number of carbonyl (C=O) groups excluding carboxylic acids is 1. The molecule has 0 aliphatic heterocycles. The van der Waals surface area contributed by atoms with Crippen molar-refractivity contribution < 1.29 is 4.79 Å². The van der Waals surface area contributed by atoms with Crippen LogP contribution in [0.1, 0.15) is 16.2 Å². The minimum Gasteiger partial charge on any atom is -0.368 e. The van der Waals surface area contributed by atoms with Gasteiger partial charge in [-0.3, -0.25) is 9.36 Å². The summed E-state index contributed by atoms with van der Waals surface area (Å²) in [4.78, 5) is 25.0. The molecule has 1 amide bonds. The minimum absolute atomic E-state index is 0.108. The predicted molar refractivity (Wildman–Crippen MR) is 110 cm³/mol. The number of aromatic nitrogens is 5. The Morgan fingerprint density at radius 3 is 2.52 bits per heavy atom. The number of anilines is 1. The highest BCUT2D eigenvalue weighted by atomic mass is 16.1. The van der Waals surface area contributed by atoms with Gasteiger partial charge < -0.3 is 15.2 Å². The maximum atomic E-state index is 12.3. The molecule has 0 bridgehead atoms. The van der Waals surface area contributed by atoms with Gasteiger partial charge in [0.15, 0.2) is 0 Å². The number of nitrogens with one attached hydrogen (secondary N) is 2. The normalized spacial score (nSPS) is 10.7. The first-order chi connectivity index (χ1) is 14.2. The molecule has 0 radical (unpaired) electrons. The van der Waals surface area contributed by atoms with Crippen LogP contribution in [-0.4, -0.2) is 43.1 Å². The van der Waals surface area contributed by atoms with Gasteiger partial charge in [0.05, 0.1) is 0 Å². The van der Waals surface area contributed by atoms with Gasteiger partial charge in [0.25, 0.3) is 5.91 Å². The average molecular weight is 387 g/mol. The van der Waals surface area contributed by atoms with Gasteiger partial charge in [-0.05, 0) is 43.3 Å². The van der Waals surface area contributed by atoms with E-state index in [0.29, 0.717) is 24.5 Å². The van der Waals surface area contributed by atoms with Crippen LogP contribution in [0.4, 0.5) is 5.82 Å². The van der Waals surface area contributed by atoms with E-state index in [1.54, 1.807) is 6.20 Å². The summed E-state index contributed by atoms with van der Waals surface area (Å²) in [6.07, 6.45) is 9.01. The molecule has 0 saturated carbocycles. The average Bonchev–Trinajstić information content (AvgIpc) is 3.43. The lowest BCUT2D eigenvalue weighted by atomic mass is 10.2. The van der Waals surface area contributed by atoms with Crippen molar-refractivity contribution in [3.8, 4) is 11.5 Å². The summed E-state index contributed by atoms with van der Waals surface area (Å²) in [6, 6.07) is 13.3. The van der Waals surface area contributed by atoms with Crippen molar-refractivity contribution in [1.82, 2.24) is 29.4 Å². The molecule has 0 atom stereocenters. The van der Waals surface area contributed by atoms with Gasteiger partial charge in [-0.25, -0.2) is 15.0 Å². The third-order valence-corrected chi connectivity index (χ3v) is 4.47. The van der Waals surface area contributed by atoms with Crippen molar-refractivity contribution in [2.24, 2.45) is 0 Å². The lowest BCUT2D eigenvalue weighted by Crippen LogP contribution is -2.28. The molecule has 4 aromatic rings. The second kappa shape index (κ2) is 8.39. The number of amides is 1. The molecule has 8 nitrogen and oxygen atoms in total. The van der Waals surface area contributed by atoms with Gasteiger partial charge in [-0.15, -0.1) is 0 Å². The van der Waals surface area contributed by atoms with E-state index in [-0.39, 0.29) is 5.91 Å². The molecule has 3 heterocycles. The van der Waals surface area contributed by atoms with Crippen molar-refractivity contribution in [3.05, 3.63) is 85.0 Å². The Bertz CT molecular complexity index is 1080. The summed E-state index contributed by atoms with van der Waals surface area (Å²) in [7, 11) is 0. The lowest BCUT2D eigenvalue weighted by molar-refractivity contribution is 0.0955. The highest BCUT2D eigenvalue weighted by Gasteiger charge is 2.06. The Kier molecular flexibility index (Phi) is 5.33. The summed E-state index contributed by atoms with van der Waals surface area (Å²) in [5.41, 5.74) is 1.64. The Morgan fingerprint density at radius 1 is 1.00 bits per heavy atom. The predicted octanol–water partition coefficient (Wildman–Crippen LogP) is 2.60. The van der Waals surface area contributed by atoms with Crippen molar-refractivity contribution in [1.29, 1.82) is 0 Å². The topological polar surface area (TPSA) is 89.7 Å². The minimum atomic E-state index is -0.108.